The van der Waals surface area contributed by atoms with E-state index in [0.29, 0.717) is 11.4 Å². The molecule has 2 aromatic rings. The maximum Gasteiger partial charge on any atom is 0.437 e. The Labute approximate surface area is 306 Å². The third-order valence-electron chi connectivity index (χ3n) is 6.49. The van der Waals surface area contributed by atoms with E-state index in [1.807, 2.05) is 0 Å². The minimum Gasteiger partial charge on any atom is -0.490 e. The molecule has 0 radical (unpaired) electrons. The molecule has 4 N–H and O–H groups in total. The molecule has 0 aliphatic rings. The zero-order valence-electron chi connectivity index (χ0n) is 32.9. The molecular formula is C36H58N6O10. The second-order valence-corrected chi connectivity index (χ2v) is 16.2. The molecule has 1 aromatic carbocycles. The van der Waals surface area contributed by atoms with Crippen molar-refractivity contribution >= 4 is 24.2 Å². The van der Waals surface area contributed by atoms with Crippen LogP contribution in [0.5, 0.6) is 5.75 Å². The summed E-state index contributed by atoms with van der Waals surface area (Å²) in [6.07, 6.45) is -1.37. The number of imidazole rings is 1. The fraction of sp³-hybridized carbons (Fsp3) is 0.639. The molecule has 3 amide bonds. The van der Waals surface area contributed by atoms with Gasteiger partial charge in [0.25, 0.3) is 0 Å². The van der Waals surface area contributed by atoms with Gasteiger partial charge in [0.1, 0.15) is 34.8 Å². The average molecular weight is 735 g/mol. The Balaban J connectivity index is 2.46. The van der Waals surface area contributed by atoms with Gasteiger partial charge in [-0.05, 0) is 113 Å². The first kappa shape index (κ1) is 43.6. The van der Waals surface area contributed by atoms with E-state index >= 15 is 0 Å². The van der Waals surface area contributed by atoms with Crippen LogP contribution in [0.4, 0.5) is 14.4 Å². The lowest BCUT2D eigenvalue weighted by atomic mass is 10.1. The number of carbonyl (C=O) groups is 4. The molecule has 0 aliphatic heterocycles. The lowest BCUT2D eigenvalue weighted by Crippen LogP contribution is -2.42. The van der Waals surface area contributed by atoms with Gasteiger partial charge in [0.05, 0.1) is 5.69 Å². The summed E-state index contributed by atoms with van der Waals surface area (Å²) in [4.78, 5) is 59.6. The SMILES string of the molecule is Cn1c(-c2ccc(OCC(ON)C(=O)OC(C)(C)C)cc2)cn(CC(CNC(=O)OC(C)(C)C)CNC(=O)OC(C)(C)C)/c1=N\C(=O)OC(C)(C)C. The van der Waals surface area contributed by atoms with E-state index in [4.69, 9.17) is 34.4 Å². The topological polar surface area (TPSA) is 196 Å². The minimum atomic E-state index is -1.13. The molecular weight excluding hydrogens is 676 g/mol. The zero-order valence-corrected chi connectivity index (χ0v) is 32.9. The molecule has 0 bridgehead atoms. The Morgan fingerprint density at radius 3 is 1.67 bits per heavy atom. The molecule has 1 unspecified atom stereocenters. The monoisotopic (exact) mass is 734 g/mol. The van der Waals surface area contributed by atoms with Gasteiger partial charge in [-0.3, -0.25) is 4.84 Å². The Hall–Kier alpha value is -4.57. The number of esters is 1. The molecule has 0 saturated heterocycles. The van der Waals surface area contributed by atoms with E-state index in [1.165, 1.54) is 0 Å². The molecule has 292 valence electrons. The van der Waals surface area contributed by atoms with Crippen molar-refractivity contribution in [3.05, 3.63) is 36.1 Å². The normalized spacial score (nSPS) is 13.3. The second-order valence-electron chi connectivity index (χ2n) is 16.2. The number of carbonyl (C=O) groups excluding carboxylic acids is 4. The summed E-state index contributed by atoms with van der Waals surface area (Å²) in [6, 6.07) is 7.00. The number of nitrogens with two attached hydrogens (primary N) is 1. The van der Waals surface area contributed by atoms with Crippen LogP contribution < -0.4 is 26.9 Å². The molecule has 16 heteroatoms. The highest BCUT2D eigenvalue weighted by molar-refractivity contribution is 5.75. The molecule has 1 aromatic heterocycles. The Morgan fingerprint density at radius 1 is 0.750 bits per heavy atom. The first-order valence-electron chi connectivity index (χ1n) is 17.0. The largest absolute Gasteiger partial charge is 0.490 e. The van der Waals surface area contributed by atoms with Crippen LogP contribution in [0.1, 0.15) is 83.1 Å². The third kappa shape index (κ3) is 16.2. The highest BCUT2D eigenvalue weighted by Crippen LogP contribution is 2.23. The van der Waals surface area contributed by atoms with Crippen molar-refractivity contribution in [2.75, 3.05) is 19.7 Å². The number of amides is 3. The second kappa shape index (κ2) is 17.8. The van der Waals surface area contributed by atoms with E-state index in [2.05, 4.69) is 15.6 Å². The maximum atomic E-state index is 12.9. The molecule has 0 fully saturated rings. The highest BCUT2D eigenvalue weighted by atomic mass is 16.7. The number of hydrogen-bond acceptors (Lipinski definition) is 11. The van der Waals surface area contributed by atoms with Crippen molar-refractivity contribution < 1.29 is 47.7 Å². The quantitative estimate of drug-likeness (QED) is 0.151. The minimum absolute atomic E-state index is 0.108. The lowest BCUT2D eigenvalue weighted by Gasteiger charge is -2.24. The van der Waals surface area contributed by atoms with Gasteiger partial charge in [0.15, 0.2) is 0 Å². The van der Waals surface area contributed by atoms with Gasteiger partial charge < -0.3 is 43.5 Å². The standard InChI is InChI=1S/C36H58N6O10/c1-33(2,3)48-28(43)27(52-37)22-47-25-16-14-24(15-17-25)26-21-42(29(41(26)13)40-32(46)51-36(10,11)12)20-23(18-38-30(44)49-34(4,5)6)19-39-31(45)50-35(7,8)9/h14-17,21,23,27H,18-20,22,37H2,1-13H3,(H,38,44)(H,39,45)/b40-29-. The van der Waals surface area contributed by atoms with E-state index in [-0.39, 0.29) is 31.9 Å². The van der Waals surface area contributed by atoms with Gasteiger partial charge in [0.2, 0.25) is 11.7 Å². The van der Waals surface area contributed by atoms with Crippen LogP contribution in [0.15, 0.2) is 35.5 Å². The number of rotatable bonds is 12. The maximum absolute atomic E-state index is 12.9. The van der Waals surface area contributed by atoms with Gasteiger partial charge in [-0.2, -0.15) is 0 Å². The van der Waals surface area contributed by atoms with Crippen LogP contribution in [0.25, 0.3) is 11.3 Å². The highest BCUT2D eigenvalue weighted by Gasteiger charge is 2.27. The molecule has 2 rings (SSSR count). The Bertz CT molecular complexity index is 1550. The summed E-state index contributed by atoms with van der Waals surface area (Å²) >= 11 is 0. The molecule has 0 aliphatic carbocycles. The molecule has 1 atom stereocenters. The number of nitrogens with zero attached hydrogens (tertiary/aromatic N) is 3. The third-order valence-corrected chi connectivity index (χ3v) is 6.49. The van der Waals surface area contributed by atoms with Gasteiger partial charge >= 0.3 is 24.2 Å². The fourth-order valence-corrected chi connectivity index (χ4v) is 4.49. The van der Waals surface area contributed by atoms with Crippen molar-refractivity contribution in [1.29, 1.82) is 0 Å². The summed E-state index contributed by atoms with van der Waals surface area (Å²) in [7, 11) is 1.75. The molecule has 1 heterocycles. The molecule has 0 saturated carbocycles. The summed E-state index contributed by atoms with van der Waals surface area (Å²) in [6.45, 7) is 21.2. The van der Waals surface area contributed by atoms with Crippen LogP contribution in [-0.2, 0) is 42.2 Å². The predicted molar refractivity (Wildman–Crippen MR) is 193 cm³/mol. The van der Waals surface area contributed by atoms with Crippen LogP contribution in [0, 0.1) is 5.92 Å². The van der Waals surface area contributed by atoms with E-state index in [1.54, 1.807) is 130 Å². The van der Waals surface area contributed by atoms with Crippen LogP contribution in [0.3, 0.4) is 0 Å². The smallest absolute Gasteiger partial charge is 0.437 e. The van der Waals surface area contributed by atoms with Crippen LogP contribution >= 0.6 is 0 Å². The number of alkyl carbamates (subject to hydrolysis) is 2. The van der Waals surface area contributed by atoms with E-state index in [9.17, 15) is 19.2 Å². The van der Waals surface area contributed by atoms with Gasteiger partial charge in [-0.15, -0.1) is 4.99 Å². The van der Waals surface area contributed by atoms with Gasteiger partial charge in [-0.25, -0.2) is 25.1 Å². The van der Waals surface area contributed by atoms with Crippen molar-refractivity contribution in [2.45, 2.75) is 118 Å². The zero-order chi connectivity index (χ0) is 39.7. The van der Waals surface area contributed by atoms with E-state index in [0.717, 1.165) is 5.56 Å². The average Bonchev–Trinajstić information content (AvgIpc) is 3.25. The first-order chi connectivity index (χ1) is 23.7. The van der Waals surface area contributed by atoms with Crippen molar-refractivity contribution in [3.8, 4) is 17.0 Å². The number of hydrogen-bond donors (Lipinski definition) is 3. The lowest BCUT2D eigenvalue weighted by molar-refractivity contribution is -0.170. The van der Waals surface area contributed by atoms with Crippen molar-refractivity contribution in [3.63, 3.8) is 0 Å². The predicted octanol–water partition coefficient (Wildman–Crippen LogP) is 4.97. The number of ether oxygens (including phenoxy) is 5. The van der Waals surface area contributed by atoms with E-state index < -0.39 is 58.7 Å². The first-order valence-corrected chi connectivity index (χ1v) is 17.0. The molecule has 0 spiro atoms. The van der Waals surface area contributed by atoms with Gasteiger partial charge in [-0.1, -0.05) is 0 Å². The Kier molecular flexibility index (Phi) is 14.9. The summed E-state index contributed by atoms with van der Waals surface area (Å²) in [5.74, 6) is 4.71. The summed E-state index contributed by atoms with van der Waals surface area (Å²) in [5, 5.41) is 5.54. The molecule has 16 nitrogen and oxygen atoms in total. The summed E-state index contributed by atoms with van der Waals surface area (Å²) < 4.78 is 30.9. The van der Waals surface area contributed by atoms with Crippen molar-refractivity contribution in [1.82, 2.24) is 19.8 Å². The van der Waals surface area contributed by atoms with Crippen LogP contribution in [-0.4, -0.2) is 81.6 Å². The van der Waals surface area contributed by atoms with Crippen molar-refractivity contribution in [2.24, 2.45) is 23.9 Å². The number of nitrogens with one attached hydrogen (secondary N) is 2. The number of aromatic nitrogens is 2. The van der Waals surface area contributed by atoms with Crippen LogP contribution in [0.2, 0.25) is 0 Å². The molecule has 52 heavy (non-hydrogen) atoms. The summed E-state index contributed by atoms with van der Waals surface area (Å²) in [5.41, 5.74) is -1.27. The van der Waals surface area contributed by atoms with Gasteiger partial charge in [0, 0.05) is 38.8 Å². The number of benzene rings is 1. The Morgan fingerprint density at radius 2 is 1.23 bits per heavy atom. The fourth-order valence-electron chi connectivity index (χ4n) is 4.49.